The SMILES string of the molecule is COc1c(C)cc(C(=O)C#N)c(C)c1C. The van der Waals surface area contributed by atoms with E-state index in [2.05, 4.69) is 0 Å². The number of nitrogens with zero attached hydrogens (tertiary/aromatic N) is 1. The lowest BCUT2D eigenvalue weighted by Gasteiger charge is -2.13. The molecule has 1 rings (SSSR count). The van der Waals surface area contributed by atoms with E-state index in [0.29, 0.717) is 5.56 Å². The molecule has 0 fully saturated rings. The molecule has 0 amide bonds. The second-order valence-electron chi connectivity index (χ2n) is 3.47. The number of ether oxygens (including phenoxy) is 1. The number of hydrogen-bond acceptors (Lipinski definition) is 3. The summed E-state index contributed by atoms with van der Waals surface area (Å²) in [5.74, 6) is 0.281. The van der Waals surface area contributed by atoms with Crippen molar-refractivity contribution in [3.63, 3.8) is 0 Å². The topological polar surface area (TPSA) is 50.1 Å². The molecule has 0 bridgehead atoms. The molecule has 3 heteroatoms. The minimum absolute atomic E-state index is 0.466. The average molecular weight is 203 g/mol. The van der Waals surface area contributed by atoms with Gasteiger partial charge in [0.25, 0.3) is 5.78 Å². The third kappa shape index (κ3) is 1.84. The summed E-state index contributed by atoms with van der Waals surface area (Å²) in [6, 6.07) is 3.34. The smallest absolute Gasteiger partial charge is 0.262 e. The molecule has 0 heterocycles. The van der Waals surface area contributed by atoms with Gasteiger partial charge in [0.15, 0.2) is 0 Å². The van der Waals surface area contributed by atoms with Crippen molar-refractivity contribution in [2.24, 2.45) is 0 Å². The van der Waals surface area contributed by atoms with Crippen LogP contribution in [0.4, 0.5) is 0 Å². The number of aryl methyl sites for hydroxylation is 1. The lowest BCUT2D eigenvalue weighted by molar-refractivity contribution is 0.105. The Hall–Kier alpha value is -1.82. The van der Waals surface area contributed by atoms with Crippen molar-refractivity contribution in [2.75, 3.05) is 7.11 Å². The Kier molecular flexibility index (Phi) is 3.11. The Balaban J connectivity index is 3.49. The highest BCUT2D eigenvalue weighted by Gasteiger charge is 2.15. The monoisotopic (exact) mass is 203 g/mol. The maximum atomic E-state index is 11.3. The highest BCUT2D eigenvalue weighted by Crippen LogP contribution is 2.28. The first-order chi connectivity index (χ1) is 7.02. The Morgan fingerprint density at radius 2 is 1.93 bits per heavy atom. The molecule has 1 aromatic rings. The number of Topliss-reactive ketones (excluding diaryl/α,β-unsaturated/α-hetero) is 1. The summed E-state index contributed by atoms with van der Waals surface area (Å²) in [5.41, 5.74) is 3.06. The molecule has 0 spiro atoms. The summed E-state index contributed by atoms with van der Waals surface area (Å²) >= 11 is 0. The zero-order chi connectivity index (χ0) is 11.6. The second kappa shape index (κ2) is 4.14. The van der Waals surface area contributed by atoms with Gasteiger partial charge < -0.3 is 4.74 Å². The third-order valence-corrected chi connectivity index (χ3v) is 2.58. The van der Waals surface area contributed by atoms with Crippen LogP contribution < -0.4 is 4.74 Å². The maximum absolute atomic E-state index is 11.3. The summed E-state index contributed by atoms with van der Waals surface area (Å²) < 4.78 is 5.23. The average Bonchev–Trinajstić information content (AvgIpc) is 2.23. The van der Waals surface area contributed by atoms with Crippen molar-refractivity contribution in [3.05, 3.63) is 28.3 Å². The molecule has 0 atom stereocenters. The van der Waals surface area contributed by atoms with Crippen molar-refractivity contribution in [1.82, 2.24) is 0 Å². The molecular weight excluding hydrogens is 190 g/mol. The summed E-state index contributed by atoms with van der Waals surface area (Å²) in [5, 5.41) is 8.59. The minimum atomic E-state index is -0.499. The molecule has 0 radical (unpaired) electrons. The first-order valence-corrected chi connectivity index (χ1v) is 4.62. The number of nitriles is 1. The van der Waals surface area contributed by atoms with Crippen LogP contribution in [0.1, 0.15) is 27.0 Å². The van der Waals surface area contributed by atoms with E-state index in [0.717, 1.165) is 22.4 Å². The standard InChI is InChI=1S/C12H13NO2/c1-7-5-10(11(14)6-13)8(2)9(3)12(7)15-4/h5H,1-4H3. The molecule has 0 saturated heterocycles. The molecule has 0 aliphatic rings. The molecule has 0 saturated carbocycles. The van der Waals surface area contributed by atoms with Crippen LogP contribution in [-0.2, 0) is 0 Å². The first-order valence-electron chi connectivity index (χ1n) is 4.62. The highest BCUT2D eigenvalue weighted by atomic mass is 16.5. The number of carbonyl (C=O) groups excluding carboxylic acids is 1. The van der Waals surface area contributed by atoms with Gasteiger partial charge in [0, 0.05) is 5.56 Å². The van der Waals surface area contributed by atoms with E-state index < -0.39 is 5.78 Å². The van der Waals surface area contributed by atoms with Gasteiger partial charge in [0.05, 0.1) is 7.11 Å². The van der Waals surface area contributed by atoms with E-state index in [1.165, 1.54) is 0 Å². The van der Waals surface area contributed by atoms with Crippen LogP contribution in [0.25, 0.3) is 0 Å². The number of ketones is 1. The fraction of sp³-hybridized carbons (Fsp3) is 0.333. The third-order valence-electron chi connectivity index (χ3n) is 2.58. The van der Waals surface area contributed by atoms with Crippen molar-refractivity contribution in [2.45, 2.75) is 20.8 Å². The molecule has 78 valence electrons. The summed E-state index contributed by atoms with van der Waals surface area (Å²) in [6.07, 6.45) is 0. The second-order valence-corrected chi connectivity index (χ2v) is 3.47. The van der Waals surface area contributed by atoms with E-state index in [9.17, 15) is 4.79 Å². The zero-order valence-electron chi connectivity index (χ0n) is 9.34. The maximum Gasteiger partial charge on any atom is 0.262 e. The molecule has 0 aliphatic carbocycles. The Morgan fingerprint density at radius 1 is 1.33 bits per heavy atom. The quantitative estimate of drug-likeness (QED) is 0.547. The van der Waals surface area contributed by atoms with Crippen LogP contribution in [0.3, 0.4) is 0 Å². The predicted octanol–water partition coefficient (Wildman–Crippen LogP) is 2.33. The number of methoxy groups -OCH3 is 1. The van der Waals surface area contributed by atoms with Gasteiger partial charge in [0.1, 0.15) is 11.8 Å². The fourth-order valence-electron chi connectivity index (χ4n) is 1.67. The molecule has 15 heavy (non-hydrogen) atoms. The van der Waals surface area contributed by atoms with E-state index in [1.54, 1.807) is 19.2 Å². The van der Waals surface area contributed by atoms with Gasteiger partial charge in [0.2, 0.25) is 0 Å². The highest BCUT2D eigenvalue weighted by molar-refractivity contribution is 6.08. The van der Waals surface area contributed by atoms with Gasteiger partial charge in [-0.1, -0.05) is 0 Å². The van der Waals surface area contributed by atoms with Crippen LogP contribution >= 0.6 is 0 Å². The number of hydrogen-bond donors (Lipinski definition) is 0. The van der Waals surface area contributed by atoms with Gasteiger partial charge in [-0.05, 0) is 43.5 Å². The Morgan fingerprint density at radius 3 is 2.40 bits per heavy atom. The van der Waals surface area contributed by atoms with Crippen molar-refractivity contribution in [1.29, 1.82) is 5.26 Å². The summed E-state index contributed by atoms with van der Waals surface area (Å²) in [6.45, 7) is 5.57. The summed E-state index contributed by atoms with van der Waals surface area (Å²) in [4.78, 5) is 11.3. The van der Waals surface area contributed by atoms with E-state index in [-0.39, 0.29) is 0 Å². The van der Waals surface area contributed by atoms with E-state index >= 15 is 0 Å². The molecule has 3 nitrogen and oxygen atoms in total. The van der Waals surface area contributed by atoms with Crippen LogP contribution in [0.15, 0.2) is 6.07 Å². The van der Waals surface area contributed by atoms with Crippen LogP contribution in [0.5, 0.6) is 5.75 Å². The lowest BCUT2D eigenvalue weighted by Crippen LogP contribution is -2.03. The van der Waals surface area contributed by atoms with E-state index in [1.807, 2.05) is 20.8 Å². The predicted molar refractivity (Wildman–Crippen MR) is 57.1 cm³/mol. The summed E-state index contributed by atoms with van der Waals surface area (Å²) in [7, 11) is 1.60. The van der Waals surface area contributed by atoms with Crippen LogP contribution in [-0.4, -0.2) is 12.9 Å². The molecule has 0 aliphatic heterocycles. The lowest BCUT2D eigenvalue weighted by atomic mass is 9.96. The molecular formula is C12H13NO2. The molecule has 0 aromatic heterocycles. The number of rotatable bonds is 2. The van der Waals surface area contributed by atoms with Gasteiger partial charge in [-0.25, -0.2) is 0 Å². The molecule has 0 unspecified atom stereocenters. The van der Waals surface area contributed by atoms with Gasteiger partial charge >= 0.3 is 0 Å². The largest absolute Gasteiger partial charge is 0.496 e. The van der Waals surface area contributed by atoms with Crippen molar-refractivity contribution >= 4 is 5.78 Å². The number of benzene rings is 1. The normalized spacial score (nSPS) is 9.53. The number of carbonyl (C=O) groups is 1. The van der Waals surface area contributed by atoms with Crippen LogP contribution in [0, 0.1) is 32.1 Å². The van der Waals surface area contributed by atoms with E-state index in [4.69, 9.17) is 10.00 Å². The first kappa shape index (κ1) is 11.3. The Labute approximate surface area is 89.3 Å². The zero-order valence-corrected chi connectivity index (χ0v) is 9.34. The van der Waals surface area contributed by atoms with Gasteiger partial charge in [-0.3, -0.25) is 4.79 Å². The minimum Gasteiger partial charge on any atom is -0.496 e. The van der Waals surface area contributed by atoms with Gasteiger partial charge in [-0.15, -0.1) is 0 Å². The molecule has 0 N–H and O–H groups in total. The fourth-order valence-corrected chi connectivity index (χ4v) is 1.67. The molecule has 1 aromatic carbocycles. The van der Waals surface area contributed by atoms with Crippen molar-refractivity contribution in [3.8, 4) is 11.8 Å². The van der Waals surface area contributed by atoms with Crippen LogP contribution in [0.2, 0.25) is 0 Å². The van der Waals surface area contributed by atoms with Gasteiger partial charge in [-0.2, -0.15) is 5.26 Å². The van der Waals surface area contributed by atoms with Crippen molar-refractivity contribution < 1.29 is 9.53 Å². The Bertz CT molecular complexity index is 456.